The summed E-state index contributed by atoms with van der Waals surface area (Å²) in [6, 6.07) is 9.67. The number of carbonyl (C=O) groups is 1. The highest BCUT2D eigenvalue weighted by Crippen LogP contribution is 2.42. The maximum atomic E-state index is 11.4. The van der Waals surface area contributed by atoms with Gasteiger partial charge in [0.1, 0.15) is 0 Å². The van der Waals surface area contributed by atoms with Gasteiger partial charge < -0.3 is 23.8 Å². The van der Waals surface area contributed by atoms with Crippen molar-refractivity contribution in [3.8, 4) is 23.0 Å². The lowest BCUT2D eigenvalue weighted by molar-refractivity contribution is -0.140. The maximum Gasteiger partial charge on any atom is 0.331 e. The summed E-state index contributed by atoms with van der Waals surface area (Å²) in [6.07, 6.45) is 1.65. The van der Waals surface area contributed by atoms with Crippen LogP contribution in [0, 0.1) is 0 Å². The van der Waals surface area contributed by atoms with Crippen molar-refractivity contribution in [1.29, 1.82) is 0 Å². The molecule has 0 saturated heterocycles. The Morgan fingerprint density at radius 1 is 1.07 bits per heavy atom. The van der Waals surface area contributed by atoms with E-state index in [4.69, 9.17) is 23.8 Å². The molecule has 2 aromatic rings. The molecule has 0 spiro atoms. The zero-order valence-corrected chi connectivity index (χ0v) is 16.0. The molecule has 7 nitrogen and oxygen atoms in total. The van der Waals surface area contributed by atoms with Crippen molar-refractivity contribution in [2.45, 2.75) is 25.7 Å². The minimum absolute atomic E-state index is 0.0629. The van der Waals surface area contributed by atoms with Gasteiger partial charge in [0.15, 0.2) is 23.0 Å². The van der Waals surface area contributed by atoms with Gasteiger partial charge in [0.05, 0.1) is 19.9 Å². The van der Waals surface area contributed by atoms with Gasteiger partial charge in [-0.15, -0.1) is 0 Å². The largest absolute Gasteiger partial charge is 0.493 e. The van der Waals surface area contributed by atoms with E-state index >= 15 is 0 Å². The Morgan fingerprint density at radius 3 is 2.54 bits per heavy atom. The standard InChI is InChI=1S/C21H21NO6/c1-12(23)28-22-21-15(13-5-7-17(24-2)18(8-13)25-3)6-4-14-9-19-20(10-16(14)21)27-11-26-19/h5,7-10,15H,4,6,11H2,1-3H3/b22-21-/t15-/m0/s1. The molecule has 0 saturated carbocycles. The fraction of sp³-hybridized carbons (Fsp3) is 0.333. The third-order valence-corrected chi connectivity index (χ3v) is 4.99. The molecule has 2 aromatic carbocycles. The molecule has 146 valence electrons. The summed E-state index contributed by atoms with van der Waals surface area (Å²) >= 11 is 0. The molecule has 0 fully saturated rings. The monoisotopic (exact) mass is 383 g/mol. The minimum atomic E-state index is -0.466. The first-order valence-corrected chi connectivity index (χ1v) is 9.01. The van der Waals surface area contributed by atoms with Gasteiger partial charge >= 0.3 is 5.97 Å². The zero-order chi connectivity index (χ0) is 19.7. The Morgan fingerprint density at radius 2 is 1.82 bits per heavy atom. The molecule has 1 heterocycles. The van der Waals surface area contributed by atoms with Gasteiger partial charge in [-0.3, -0.25) is 0 Å². The van der Waals surface area contributed by atoms with Crippen LogP contribution < -0.4 is 18.9 Å². The lowest BCUT2D eigenvalue weighted by Gasteiger charge is -2.27. The van der Waals surface area contributed by atoms with Gasteiger partial charge in [-0.25, -0.2) is 4.79 Å². The molecule has 0 unspecified atom stereocenters. The Bertz CT molecular complexity index is 952. The molecule has 7 heteroatoms. The quantitative estimate of drug-likeness (QED) is 0.595. The minimum Gasteiger partial charge on any atom is -0.493 e. The van der Waals surface area contributed by atoms with Crippen LogP contribution >= 0.6 is 0 Å². The van der Waals surface area contributed by atoms with E-state index < -0.39 is 5.97 Å². The normalized spacial score (nSPS) is 18.5. The summed E-state index contributed by atoms with van der Waals surface area (Å²) in [5.41, 5.74) is 3.68. The summed E-state index contributed by atoms with van der Waals surface area (Å²) in [5.74, 6) is 2.17. The fourth-order valence-electron chi connectivity index (χ4n) is 3.67. The molecule has 0 radical (unpaired) electrons. The fourth-order valence-corrected chi connectivity index (χ4v) is 3.67. The molecule has 2 aliphatic rings. The van der Waals surface area contributed by atoms with Crippen LogP contribution in [-0.2, 0) is 16.1 Å². The van der Waals surface area contributed by atoms with E-state index in [2.05, 4.69) is 5.16 Å². The first kappa shape index (κ1) is 18.2. The van der Waals surface area contributed by atoms with E-state index in [1.165, 1.54) is 6.92 Å². The summed E-state index contributed by atoms with van der Waals surface area (Å²) in [7, 11) is 3.21. The van der Waals surface area contributed by atoms with Crippen LogP contribution in [0.2, 0.25) is 0 Å². The number of carbonyl (C=O) groups excluding carboxylic acids is 1. The van der Waals surface area contributed by atoms with Crippen molar-refractivity contribution in [2.24, 2.45) is 5.16 Å². The van der Waals surface area contributed by atoms with E-state index in [-0.39, 0.29) is 12.7 Å². The van der Waals surface area contributed by atoms with Gasteiger partial charge in [-0.05, 0) is 48.2 Å². The van der Waals surface area contributed by atoms with Crippen molar-refractivity contribution in [3.05, 3.63) is 47.0 Å². The molecular weight excluding hydrogens is 362 g/mol. The topological polar surface area (TPSA) is 75.6 Å². The van der Waals surface area contributed by atoms with E-state index in [0.29, 0.717) is 23.0 Å². The number of ether oxygens (including phenoxy) is 4. The second-order valence-electron chi connectivity index (χ2n) is 6.63. The second kappa shape index (κ2) is 7.42. The number of nitrogens with zero attached hydrogens (tertiary/aromatic N) is 1. The number of methoxy groups -OCH3 is 2. The number of hydrogen-bond donors (Lipinski definition) is 0. The van der Waals surface area contributed by atoms with Crippen LogP contribution in [0.1, 0.15) is 36.0 Å². The van der Waals surface area contributed by atoms with Gasteiger partial charge in [-0.2, -0.15) is 0 Å². The third-order valence-electron chi connectivity index (χ3n) is 4.99. The predicted octanol–water partition coefficient (Wildman–Crippen LogP) is 3.43. The summed E-state index contributed by atoms with van der Waals surface area (Å²) in [5, 5.41) is 4.20. The van der Waals surface area contributed by atoms with Crippen molar-refractivity contribution >= 4 is 11.7 Å². The molecule has 1 atom stereocenters. The molecule has 4 rings (SSSR count). The average molecular weight is 383 g/mol. The van der Waals surface area contributed by atoms with E-state index in [9.17, 15) is 4.79 Å². The Hall–Kier alpha value is -3.22. The van der Waals surface area contributed by atoms with E-state index in [1.807, 2.05) is 30.3 Å². The Balaban J connectivity index is 1.79. The van der Waals surface area contributed by atoms with E-state index in [0.717, 1.165) is 35.3 Å². The van der Waals surface area contributed by atoms with Crippen LogP contribution in [-0.4, -0.2) is 32.7 Å². The molecule has 28 heavy (non-hydrogen) atoms. The lowest BCUT2D eigenvalue weighted by Crippen LogP contribution is -2.23. The summed E-state index contributed by atoms with van der Waals surface area (Å²) in [6.45, 7) is 1.53. The van der Waals surface area contributed by atoms with Crippen molar-refractivity contribution < 1.29 is 28.6 Å². The van der Waals surface area contributed by atoms with Crippen LogP contribution in [0.5, 0.6) is 23.0 Å². The van der Waals surface area contributed by atoms with Gasteiger partial charge in [0, 0.05) is 18.4 Å². The summed E-state index contributed by atoms with van der Waals surface area (Å²) < 4.78 is 21.8. The van der Waals surface area contributed by atoms with Crippen molar-refractivity contribution in [2.75, 3.05) is 21.0 Å². The first-order chi connectivity index (χ1) is 13.6. The highest BCUT2D eigenvalue weighted by Gasteiger charge is 2.31. The smallest absolute Gasteiger partial charge is 0.331 e. The molecular formula is C21H21NO6. The lowest BCUT2D eigenvalue weighted by atomic mass is 9.78. The van der Waals surface area contributed by atoms with Gasteiger partial charge in [0.25, 0.3) is 0 Å². The molecule has 0 N–H and O–H groups in total. The van der Waals surface area contributed by atoms with Crippen molar-refractivity contribution in [3.63, 3.8) is 0 Å². The van der Waals surface area contributed by atoms with Gasteiger partial charge in [-0.1, -0.05) is 11.2 Å². The highest BCUT2D eigenvalue weighted by molar-refractivity contribution is 6.07. The van der Waals surface area contributed by atoms with Crippen LogP contribution in [0.4, 0.5) is 0 Å². The second-order valence-corrected chi connectivity index (χ2v) is 6.63. The average Bonchev–Trinajstić information content (AvgIpc) is 3.17. The number of benzene rings is 2. The number of rotatable bonds is 4. The molecule has 1 aliphatic carbocycles. The molecule has 1 aliphatic heterocycles. The number of aryl methyl sites for hydroxylation is 1. The predicted molar refractivity (Wildman–Crippen MR) is 101 cm³/mol. The molecule has 0 amide bonds. The first-order valence-electron chi connectivity index (χ1n) is 9.01. The third kappa shape index (κ3) is 3.24. The number of fused-ring (bicyclic) bond motifs is 2. The van der Waals surface area contributed by atoms with Crippen LogP contribution in [0.3, 0.4) is 0 Å². The van der Waals surface area contributed by atoms with Crippen molar-refractivity contribution in [1.82, 2.24) is 0 Å². The number of oxime groups is 1. The van der Waals surface area contributed by atoms with E-state index in [1.54, 1.807) is 14.2 Å². The van der Waals surface area contributed by atoms with Crippen LogP contribution in [0.25, 0.3) is 0 Å². The maximum absolute atomic E-state index is 11.4. The zero-order valence-electron chi connectivity index (χ0n) is 16.0. The Labute approximate surface area is 162 Å². The highest BCUT2D eigenvalue weighted by atomic mass is 16.7. The van der Waals surface area contributed by atoms with Crippen LogP contribution in [0.15, 0.2) is 35.5 Å². The number of hydrogen-bond acceptors (Lipinski definition) is 7. The summed E-state index contributed by atoms with van der Waals surface area (Å²) in [4.78, 5) is 16.4. The molecule has 0 bridgehead atoms. The SMILES string of the molecule is COc1ccc([C@@H]2CCc3cc4c(cc3/C2=N\OC(C)=O)OCO4)cc1OC. The Kier molecular flexibility index (Phi) is 4.81. The van der Waals surface area contributed by atoms with Gasteiger partial charge in [0.2, 0.25) is 6.79 Å². The molecule has 0 aromatic heterocycles.